The number of aliphatic hydroxyl groups excluding tert-OH is 5. The highest BCUT2D eigenvalue weighted by molar-refractivity contribution is 5.76. The van der Waals surface area contributed by atoms with Gasteiger partial charge in [0.05, 0.1) is 25.4 Å². The average molecular weight is 644 g/mol. The zero-order valence-corrected chi connectivity index (χ0v) is 28.6. The molecule has 0 aromatic heterocycles. The fraction of sp³-hybridized carbons (Fsp3) is 0.917. The fourth-order valence-corrected chi connectivity index (χ4v) is 5.81. The smallest absolute Gasteiger partial charge is 0.220 e. The van der Waals surface area contributed by atoms with Gasteiger partial charge in [0.15, 0.2) is 6.29 Å². The molecule has 1 fully saturated rings. The summed E-state index contributed by atoms with van der Waals surface area (Å²) in [6, 6.07) is -0.793. The Bertz CT molecular complexity index is 721. The van der Waals surface area contributed by atoms with Crippen LogP contribution >= 0.6 is 0 Å². The summed E-state index contributed by atoms with van der Waals surface area (Å²) in [5.41, 5.74) is 0. The minimum absolute atomic E-state index is 0.188. The number of allylic oxidation sites excluding steroid dienone is 1. The van der Waals surface area contributed by atoms with Crippen molar-refractivity contribution >= 4 is 5.91 Å². The summed E-state index contributed by atoms with van der Waals surface area (Å²) in [7, 11) is 0. The summed E-state index contributed by atoms with van der Waals surface area (Å²) in [6.07, 6.45) is 22.1. The van der Waals surface area contributed by atoms with Crippen LogP contribution in [0.5, 0.6) is 0 Å². The largest absolute Gasteiger partial charge is 0.394 e. The standard InChI is InChI=1S/C36H69NO8/c1-3-5-7-8-9-10-11-12-13-14-15-16-17-18-19-20-21-22-24-26-32(40)37-29(30(39)25-23-6-4-2)28-44-36-35(43)34(42)33(41)31(27-38)45-36/h23,25,29-31,33-36,38-39,41-43H,3-22,24,26-28H2,1-2H3,(H,37,40)/b25-23+. The van der Waals surface area contributed by atoms with Gasteiger partial charge >= 0.3 is 0 Å². The van der Waals surface area contributed by atoms with E-state index in [-0.39, 0.29) is 12.5 Å². The van der Waals surface area contributed by atoms with Crippen molar-refractivity contribution in [1.29, 1.82) is 0 Å². The van der Waals surface area contributed by atoms with Gasteiger partial charge in [-0.25, -0.2) is 0 Å². The molecule has 1 aliphatic heterocycles. The molecule has 45 heavy (non-hydrogen) atoms. The first-order valence-electron chi connectivity index (χ1n) is 18.4. The van der Waals surface area contributed by atoms with E-state index in [4.69, 9.17) is 9.47 Å². The second kappa shape index (κ2) is 28.0. The van der Waals surface area contributed by atoms with Crippen molar-refractivity contribution in [3.8, 4) is 0 Å². The predicted octanol–water partition coefficient (Wildman–Crippen LogP) is 5.83. The molecule has 0 bridgehead atoms. The summed E-state index contributed by atoms with van der Waals surface area (Å²) < 4.78 is 11.0. The normalized spacial score (nSPS) is 23.4. The van der Waals surface area contributed by atoms with Crippen LogP contribution in [-0.4, -0.2) is 87.5 Å². The second-order valence-electron chi connectivity index (χ2n) is 13.0. The summed E-state index contributed by atoms with van der Waals surface area (Å²) in [6.45, 7) is 3.54. The zero-order valence-electron chi connectivity index (χ0n) is 28.6. The Balaban J connectivity index is 2.19. The number of carbonyl (C=O) groups is 1. The number of hydrogen-bond donors (Lipinski definition) is 6. The maximum atomic E-state index is 12.7. The predicted molar refractivity (Wildman–Crippen MR) is 180 cm³/mol. The van der Waals surface area contributed by atoms with Gasteiger partial charge in [-0.3, -0.25) is 4.79 Å². The van der Waals surface area contributed by atoms with Crippen molar-refractivity contribution in [2.24, 2.45) is 0 Å². The highest BCUT2D eigenvalue weighted by Crippen LogP contribution is 2.22. The number of nitrogens with one attached hydrogen (secondary N) is 1. The van der Waals surface area contributed by atoms with Crippen LogP contribution < -0.4 is 5.32 Å². The molecule has 1 heterocycles. The van der Waals surface area contributed by atoms with Crippen LogP contribution in [0.3, 0.4) is 0 Å². The number of aliphatic hydroxyl groups is 5. The molecule has 9 nitrogen and oxygen atoms in total. The topological polar surface area (TPSA) is 149 Å². The van der Waals surface area contributed by atoms with E-state index < -0.39 is 49.5 Å². The van der Waals surface area contributed by atoms with Crippen LogP contribution in [0, 0.1) is 0 Å². The second-order valence-corrected chi connectivity index (χ2v) is 13.0. The highest BCUT2D eigenvalue weighted by atomic mass is 16.7. The number of carbonyl (C=O) groups excluding carboxylic acids is 1. The molecular weight excluding hydrogens is 574 g/mol. The monoisotopic (exact) mass is 644 g/mol. The van der Waals surface area contributed by atoms with Gasteiger partial charge in [0.25, 0.3) is 0 Å². The first kappa shape index (κ1) is 42.0. The summed E-state index contributed by atoms with van der Waals surface area (Å²) in [4.78, 5) is 12.7. The average Bonchev–Trinajstić information content (AvgIpc) is 3.03. The summed E-state index contributed by atoms with van der Waals surface area (Å²) in [5, 5.41) is 53.2. The van der Waals surface area contributed by atoms with E-state index in [1.165, 1.54) is 103 Å². The van der Waals surface area contributed by atoms with Crippen molar-refractivity contribution in [2.75, 3.05) is 13.2 Å². The first-order valence-corrected chi connectivity index (χ1v) is 18.4. The number of unbranched alkanes of at least 4 members (excludes halogenated alkanes) is 19. The third-order valence-electron chi connectivity index (χ3n) is 8.84. The van der Waals surface area contributed by atoms with Gasteiger partial charge in [0.2, 0.25) is 5.91 Å². The third-order valence-corrected chi connectivity index (χ3v) is 8.84. The summed E-state index contributed by atoms with van der Waals surface area (Å²) in [5.74, 6) is -0.188. The number of ether oxygens (including phenoxy) is 2. The fourth-order valence-electron chi connectivity index (χ4n) is 5.81. The van der Waals surface area contributed by atoms with Gasteiger partial charge in [0.1, 0.15) is 24.4 Å². The maximum absolute atomic E-state index is 12.7. The van der Waals surface area contributed by atoms with Crippen LogP contribution in [0.1, 0.15) is 155 Å². The Morgan fingerprint density at radius 2 is 1.22 bits per heavy atom. The molecule has 6 N–H and O–H groups in total. The Morgan fingerprint density at radius 3 is 1.69 bits per heavy atom. The summed E-state index contributed by atoms with van der Waals surface area (Å²) >= 11 is 0. The Kier molecular flexibility index (Phi) is 26.1. The molecule has 9 heteroatoms. The highest BCUT2D eigenvalue weighted by Gasteiger charge is 2.44. The lowest BCUT2D eigenvalue weighted by Gasteiger charge is -2.40. The van der Waals surface area contributed by atoms with E-state index in [0.717, 1.165) is 32.1 Å². The van der Waals surface area contributed by atoms with Gasteiger partial charge in [-0.1, -0.05) is 148 Å². The number of hydrogen-bond acceptors (Lipinski definition) is 8. The molecule has 7 unspecified atom stereocenters. The molecule has 0 aromatic carbocycles. The van der Waals surface area contributed by atoms with E-state index in [9.17, 15) is 30.3 Å². The van der Waals surface area contributed by atoms with Gasteiger partial charge in [-0.05, 0) is 12.8 Å². The number of amides is 1. The Labute approximate surface area is 274 Å². The van der Waals surface area contributed by atoms with E-state index in [2.05, 4.69) is 12.2 Å². The van der Waals surface area contributed by atoms with Gasteiger partial charge in [-0.15, -0.1) is 0 Å². The lowest BCUT2D eigenvalue weighted by atomic mass is 9.99. The maximum Gasteiger partial charge on any atom is 0.220 e. The van der Waals surface area contributed by atoms with Crippen molar-refractivity contribution in [3.05, 3.63) is 12.2 Å². The van der Waals surface area contributed by atoms with E-state index in [0.29, 0.717) is 6.42 Å². The lowest BCUT2D eigenvalue weighted by molar-refractivity contribution is -0.302. The molecule has 1 amide bonds. The minimum Gasteiger partial charge on any atom is -0.394 e. The molecule has 1 rings (SSSR count). The van der Waals surface area contributed by atoms with Gasteiger partial charge in [0, 0.05) is 6.42 Å². The zero-order chi connectivity index (χ0) is 33.1. The van der Waals surface area contributed by atoms with Crippen molar-refractivity contribution < 1.29 is 39.8 Å². The molecule has 0 saturated carbocycles. The molecule has 0 aliphatic carbocycles. The third kappa shape index (κ3) is 20.0. The van der Waals surface area contributed by atoms with Crippen molar-refractivity contribution in [2.45, 2.75) is 198 Å². The van der Waals surface area contributed by atoms with Crippen LogP contribution in [-0.2, 0) is 14.3 Å². The van der Waals surface area contributed by atoms with Crippen LogP contribution in [0.25, 0.3) is 0 Å². The van der Waals surface area contributed by atoms with Crippen molar-refractivity contribution in [1.82, 2.24) is 5.32 Å². The minimum atomic E-state index is -1.56. The molecule has 7 atom stereocenters. The molecular formula is C36H69NO8. The molecule has 0 radical (unpaired) electrons. The van der Waals surface area contributed by atoms with Crippen LogP contribution in [0.15, 0.2) is 12.2 Å². The number of rotatable bonds is 29. The van der Waals surface area contributed by atoms with E-state index in [1.54, 1.807) is 6.08 Å². The van der Waals surface area contributed by atoms with E-state index >= 15 is 0 Å². The molecule has 1 aliphatic rings. The SMILES string of the molecule is CCC/C=C/C(O)C(COC1OC(CO)C(O)C(O)C1O)NC(=O)CCCCCCCCCCCCCCCCCCCCC. The van der Waals surface area contributed by atoms with Crippen LogP contribution in [0.2, 0.25) is 0 Å². The molecule has 0 aromatic rings. The van der Waals surface area contributed by atoms with Crippen LogP contribution in [0.4, 0.5) is 0 Å². The molecule has 0 spiro atoms. The van der Waals surface area contributed by atoms with Crippen molar-refractivity contribution in [3.63, 3.8) is 0 Å². The molecule has 1 saturated heterocycles. The van der Waals surface area contributed by atoms with E-state index in [1.807, 2.05) is 13.0 Å². The first-order chi connectivity index (χ1) is 21.8. The Morgan fingerprint density at radius 1 is 0.733 bits per heavy atom. The quantitative estimate of drug-likeness (QED) is 0.0441. The van der Waals surface area contributed by atoms with Gasteiger partial charge < -0.3 is 40.3 Å². The Hall–Kier alpha value is -1.07. The van der Waals surface area contributed by atoms with Gasteiger partial charge in [-0.2, -0.15) is 0 Å². The molecule has 266 valence electrons. The lowest BCUT2D eigenvalue weighted by Crippen LogP contribution is -2.60.